The van der Waals surface area contributed by atoms with Gasteiger partial charge in [-0.1, -0.05) is 18.7 Å². The minimum Gasteiger partial charge on any atom is -0.473 e. The molecule has 0 saturated heterocycles. The minimum atomic E-state index is -4.04. The standard InChI is InChI=1S/C19H19F2N3O4S/c1-2-9-28-17-6-5-15(11-22-17)23-18(25)19(7-8-19)24-29(26,27)12-13-3-4-14(20)10-16(13)21/h2-6,10-11,24H,1,7-9,12H2,(H,23,25). The van der Waals surface area contributed by atoms with Crippen LogP contribution >= 0.6 is 0 Å². The summed E-state index contributed by atoms with van der Waals surface area (Å²) in [4.78, 5) is 16.6. The maximum absolute atomic E-state index is 13.8. The average Bonchev–Trinajstić information content (AvgIpc) is 3.43. The van der Waals surface area contributed by atoms with Crippen LogP contribution in [-0.2, 0) is 20.6 Å². The number of carbonyl (C=O) groups excluding carboxylic acids is 1. The number of benzene rings is 1. The number of nitrogens with zero attached hydrogens (tertiary/aromatic N) is 1. The Kier molecular flexibility index (Phi) is 5.94. The van der Waals surface area contributed by atoms with Crippen LogP contribution in [-0.4, -0.2) is 31.5 Å². The van der Waals surface area contributed by atoms with E-state index in [9.17, 15) is 22.0 Å². The third-order valence-corrected chi connectivity index (χ3v) is 5.63. The molecule has 1 aromatic carbocycles. The first kappa shape index (κ1) is 20.9. The fraction of sp³-hybridized carbons (Fsp3) is 0.263. The van der Waals surface area contributed by atoms with Gasteiger partial charge in [0.15, 0.2) is 0 Å². The highest BCUT2D eigenvalue weighted by molar-refractivity contribution is 7.88. The lowest BCUT2D eigenvalue weighted by Crippen LogP contribution is -2.46. The van der Waals surface area contributed by atoms with Crippen molar-refractivity contribution in [2.45, 2.75) is 24.1 Å². The van der Waals surface area contributed by atoms with Gasteiger partial charge >= 0.3 is 0 Å². The van der Waals surface area contributed by atoms with Gasteiger partial charge in [-0.15, -0.1) is 0 Å². The van der Waals surface area contributed by atoms with Crippen LogP contribution in [0.25, 0.3) is 0 Å². The second-order valence-corrected chi connectivity index (χ2v) is 8.34. The summed E-state index contributed by atoms with van der Waals surface area (Å²) in [5.74, 6) is -2.66. The predicted octanol–water partition coefficient (Wildman–Crippen LogP) is 2.52. The Morgan fingerprint density at radius 2 is 2.03 bits per heavy atom. The first-order valence-electron chi connectivity index (χ1n) is 8.70. The van der Waals surface area contributed by atoms with Gasteiger partial charge in [-0.2, -0.15) is 4.72 Å². The predicted molar refractivity (Wildman–Crippen MR) is 103 cm³/mol. The lowest BCUT2D eigenvalue weighted by Gasteiger charge is -2.17. The highest BCUT2D eigenvalue weighted by Gasteiger charge is 2.52. The summed E-state index contributed by atoms with van der Waals surface area (Å²) in [6, 6.07) is 5.77. The Labute approximate surface area is 166 Å². The zero-order valence-corrected chi connectivity index (χ0v) is 16.1. The molecule has 29 heavy (non-hydrogen) atoms. The normalized spacial score (nSPS) is 14.8. The lowest BCUT2D eigenvalue weighted by atomic mass is 10.2. The summed E-state index contributed by atoms with van der Waals surface area (Å²) in [5.41, 5.74) is -1.11. The van der Waals surface area contributed by atoms with E-state index in [-0.39, 0.29) is 12.2 Å². The van der Waals surface area contributed by atoms with Crippen molar-refractivity contribution in [3.05, 3.63) is 66.4 Å². The summed E-state index contributed by atoms with van der Waals surface area (Å²) >= 11 is 0. The summed E-state index contributed by atoms with van der Waals surface area (Å²) in [6.45, 7) is 3.82. The third kappa shape index (κ3) is 5.36. The van der Waals surface area contributed by atoms with E-state index in [1.54, 1.807) is 18.2 Å². The molecule has 3 rings (SSSR count). The van der Waals surface area contributed by atoms with Gasteiger partial charge in [-0.05, 0) is 25.0 Å². The Morgan fingerprint density at radius 3 is 2.62 bits per heavy atom. The number of sulfonamides is 1. The molecular weight excluding hydrogens is 404 g/mol. The summed E-state index contributed by atoms with van der Waals surface area (Å²) in [6.07, 6.45) is 3.56. The topological polar surface area (TPSA) is 97.4 Å². The van der Waals surface area contributed by atoms with E-state index >= 15 is 0 Å². The average molecular weight is 423 g/mol. The second kappa shape index (κ2) is 8.26. The molecule has 2 aromatic rings. The molecule has 1 heterocycles. The smallest absolute Gasteiger partial charge is 0.245 e. The van der Waals surface area contributed by atoms with Crippen molar-refractivity contribution in [3.8, 4) is 5.88 Å². The van der Waals surface area contributed by atoms with E-state index in [1.165, 1.54) is 6.20 Å². The molecule has 0 aliphatic heterocycles. The minimum absolute atomic E-state index is 0.186. The number of halogens is 2. The molecule has 1 aliphatic carbocycles. The fourth-order valence-corrected chi connectivity index (χ4v) is 4.22. The van der Waals surface area contributed by atoms with Gasteiger partial charge in [-0.3, -0.25) is 4.79 Å². The lowest BCUT2D eigenvalue weighted by molar-refractivity contribution is -0.118. The van der Waals surface area contributed by atoms with E-state index in [1.807, 2.05) is 0 Å². The van der Waals surface area contributed by atoms with Crippen molar-refractivity contribution in [2.24, 2.45) is 0 Å². The van der Waals surface area contributed by atoms with Crippen LogP contribution in [0.4, 0.5) is 14.5 Å². The van der Waals surface area contributed by atoms with E-state index in [2.05, 4.69) is 21.6 Å². The molecular formula is C19H19F2N3O4S. The summed E-state index contributed by atoms with van der Waals surface area (Å²) in [5, 5.41) is 2.61. The monoisotopic (exact) mass is 423 g/mol. The number of rotatable bonds is 9. The molecule has 0 unspecified atom stereocenters. The molecule has 0 atom stereocenters. The second-order valence-electron chi connectivity index (χ2n) is 6.62. The Hall–Kier alpha value is -2.85. The van der Waals surface area contributed by atoms with E-state index in [0.29, 0.717) is 30.5 Å². The van der Waals surface area contributed by atoms with Crippen LogP contribution < -0.4 is 14.8 Å². The van der Waals surface area contributed by atoms with E-state index in [0.717, 1.165) is 12.1 Å². The van der Waals surface area contributed by atoms with Gasteiger partial charge in [0.2, 0.25) is 21.8 Å². The molecule has 7 nitrogen and oxygen atoms in total. The van der Waals surface area contributed by atoms with Crippen molar-refractivity contribution in [2.75, 3.05) is 11.9 Å². The number of ether oxygens (including phenoxy) is 1. The van der Waals surface area contributed by atoms with Crippen molar-refractivity contribution in [3.63, 3.8) is 0 Å². The molecule has 1 fully saturated rings. The first-order chi connectivity index (χ1) is 13.7. The van der Waals surface area contributed by atoms with Crippen LogP contribution in [0.1, 0.15) is 18.4 Å². The number of hydrogen-bond donors (Lipinski definition) is 2. The Bertz CT molecular complexity index is 1020. The quantitative estimate of drug-likeness (QED) is 0.604. The van der Waals surface area contributed by atoms with Gasteiger partial charge in [0.05, 0.1) is 17.6 Å². The maximum atomic E-state index is 13.8. The largest absolute Gasteiger partial charge is 0.473 e. The highest BCUT2D eigenvalue weighted by Crippen LogP contribution is 2.37. The van der Waals surface area contributed by atoms with Crippen molar-refractivity contribution in [1.82, 2.24) is 9.71 Å². The molecule has 154 valence electrons. The molecule has 1 saturated carbocycles. The van der Waals surface area contributed by atoms with Crippen molar-refractivity contribution >= 4 is 21.6 Å². The van der Waals surface area contributed by atoms with Crippen LogP contribution in [0.5, 0.6) is 5.88 Å². The van der Waals surface area contributed by atoms with Crippen LogP contribution in [0.15, 0.2) is 49.2 Å². The fourth-order valence-electron chi connectivity index (χ4n) is 2.61. The summed E-state index contributed by atoms with van der Waals surface area (Å²) in [7, 11) is -4.04. The molecule has 2 N–H and O–H groups in total. The zero-order valence-electron chi connectivity index (χ0n) is 15.3. The Morgan fingerprint density at radius 1 is 1.28 bits per heavy atom. The Balaban J connectivity index is 1.64. The highest BCUT2D eigenvalue weighted by atomic mass is 32.2. The molecule has 1 aromatic heterocycles. The van der Waals surface area contributed by atoms with Crippen LogP contribution in [0.2, 0.25) is 0 Å². The van der Waals surface area contributed by atoms with Gasteiger partial charge in [0, 0.05) is 17.7 Å². The number of aromatic nitrogens is 1. The molecule has 0 radical (unpaired) electrons. The van der Waals surface area contributed by atoms with Crippen LogP contribution in [0.3, 0.4) is 0 Å². The number of nitrogens with one attached hydrogen (secondary N) is 2. The number of carbonyl (C=O) groups is 1. The summed E-state index contributed by atoms with van der Waals surface area (Å²) < 4.78 is 59.1. The van der Waals surface area contributed by atoms with Gasteiger partial charge in [0.25, 0.3) is 0 Å². The van der Waals surface area contributed by atoms with Crippen molar-refractivity contribution < 1.29 is 26.7 Å². The number of amides is 1. The van der Waals surface area contributed by atoms with E-state index < -0.39 is 38.9 Å². The van der Waals surface area contributed by atoms with Gasteiger partial charge in [-0.25, -0.2) is 22.2 Å². The molecule has 1 aliphatic rings. The molecule has 1 amide bonds. The van der Waals surface area contributed by atoms with E-state index in [4.69, 9.17) is 4.74 Å². The van der Waals surface area contributed by atoms with Gasteiger partial charge < -0.3 is 10.1 Å². The number of hydrogen-bond acceptors (Lipinski definition) is 5. The number of anilines is 1. The van der Waals surface area contributed by atoms with Crippen LogP contribution in [0, 0.1) is 11.6 Å². The molecule has 10 heteroatoms. The zero-order chi connectivity index (χ0) is 21.1. The number of pyridine rings is 1. The molecule has 0 spiro atoms. The maximum Gasteiger partial charge on any atom is 0.245 e. The first-order valence-corrected chi connectivity index (χ1v) is 10.3. The van der Waals surface area contributed by atoms with Gasteiger partial charge in [0.1, 0.15) is 23.8 Å². The van der Waals surface area contributed by atoms with Crippen molar-refractivity contribution in [1.29, 1.82) is 0 Å². The third-order valence-electron chi connectivity index (χ3n) is 4.24. The molecule has 0 bridgehead atoms. The SMILES string of the molecule is C=CCOc1ccc(NC(=O)C2(NS(=O)(=O)Cc3ccc(F)cc3F)CC2)cn1.